The molecule has 3 amide bonds. The predicted molar refractivity (Wildman–Crippen MR) is 113 cm³/mol. The Morgan fingerprint density at radius 2 is 1.64 bits per heavy atom. The van der Waals surface area contributed by atoms with Crippen molar-refractivity contribution in [1.29, 1.82) is 0 Å². The molecule has 6 nitrogen and oxygen atoms in total. The van der Waals surface area contributed by atoms with Crippen LogP contribution in [0.3, 0.4) is 0 Å². The van der Waals surface area contributed by atoms with Crippen molar-refractivity contribution in [2.75, 3.05) is 5.32 Å². The monoisotopic (exact) mass is 445 g/mol. The van der Waals surface area contributed by atoms with Gasteiger partial charge in [0.25, 0.3) is 11.8 Å². The van der Waals surface area contributed by atoms with Crippen molar-refractivity contribution >= 4 is 39.3 Å². The molecule has 0 fully saturated rings. The van der Waals surface area contributed by atoms with Gasteiger partial charge in [-0.15, -0.1) is 0 Å². The van der Waals surface area contributed by atoms with Crippen LogP contribution in [0, 0.1) is 12.8 Å². The normalized spacial score (nSPS) is 12.7. The summed E-state index contributed by atoms with van der Waals surface area (Å²) in [5.74, 6) is -1.34. The van der Waals surface area contributed by atoms with Gasteiger partial charge in [-0.3, -0.25) is 14.4 Å². The third-order valence-electron chi connectivity index (χ3n) is 4.66. The minimum Gasteiger partial charge on any atom is -0.368 e. The zero-order valence-corrected chi connectivity index (χ0v) is 17.7. The van der Waals surface area contributed by atoms with Crippen LogP contribution in [0.5, 0.6) is 0 Å². The number of aryl methyl sites for hydroxylation is 1. The molecule has 2 atom stereocenters. The van der Waals surface area contributed by atoms with Gasteiger partial charge in [-0.05, 0) is 54.8 Å². The highest BCUT2D eigenvalue weighted by atomic mass is 79.9. The van der Waals surface area contributed by atoms with Crippen LogP contribution < -0.4 is 16.4 Å². The van der Waals surface area contributed by atoms with E-state index in [1.165, 1.54) is 0 Å². The number of carbonyl (C=O) groups is 3. The van der Waals surface area contributed by atoms with E-state index in [1.807, 2.05) is 20.8 Å². The van der Waals surface area contributed by atoms with E-state index in [-0.39, 0.29) is 11.8 Å². The van der Waals surface area contributed by atoms with Crippen LogP contribution in [-0.4, -0.2) is 23.8 Å². The van der Waals surface area contributed by atoms with Crippen molar-refractivity contribution in [3.05, 3.63) is 63.6 Å². The van der Waals surface area contributed by atoms with Gasteiger partial charge in [0.2, 0.25) is 5.91 Å². The Hall–Kier alpha value is -2.67. The Bertz CT molecular complexity index is 881. The van der Waals surface area contributed by atoms with Gasteiger partial charge < -0.3 is 16.4 Å². The molecule has 0 heterocycles. The number of halogens is 1. The molecule has 28 heavy (non-hydrogen) atoms. The molecule has 0 saturated heterocycles. The molecule has 0 bridgehead atoms. The first-order valence-electron chi connectivity index (χ1n) is 9.00. The third-order valence-corrected chi connectivity index (χ3v) is 5.19. The first-order chi connectivity index (χ1) is 13.2. The zero-order chi connectivity index (χ0) is 20.8. The summed E-state index contributed by atoms with van der Waals surface area (Å²) in [4.78, 5) is 36.7. The number of nitrogens with two attached hydrogens (primary N) is 1. The molecule has 0 spiro atoms. The summed E-state index contributed by atoms with van der Waals surface area (Å²) in [6.45, 7) is 5.62. The Morgan fingerprint density at radius 3 is 2.21 bits per heavy atom. The van der Waals surface area contributed by atoms with Gasteiger partial charge in [-0.25, -0.2) is 0 Å². The van der Waals surface area contributed by atoms with Gasteiger partial charge in [0.15, 0.2) is 0 Å². The smallest absolute Gasteiger partial charge is 0.255 e. The van der Waals surface area contributed by atoms with Crippen LogP contribution in [0.1, 0.15) is 46.5 Å². The molecule has 0 aliphatic heterocycles. The fraction of sp³-hybridized carbons (Fsp3) is 0.286. The lowest BCUT2D eigenvalue weighted by Gasteiger charge is -2.21. The molecule has 0 saturated carbocycles. The van der Waals surface area contributed by atoms with Gasteiger partial charge >= 0.3 is 0 Å². The number of benzene rings is 2. The van der Waals surface area contributed by atoms with E-state index in [0.29, 0.717) is 23.2 Å². The van der Waals surface area contributed by atoms with Crippen molar-refractivity contribution in [1.82, 2.24) is 5.32 Å². The van der Waals surface area contributed by atoms with Crippen LogP contribution >= 0.6 is 15.9 Å². The van der Waals surface area contributed by atoms with Crippen LogP contribution in [0.15, 0.2) is 46.9 Å². The number of primary amides is 1. The van der Waals surface area contributed by atoms with Crippen LogP contribution in [0.25, 0.3) is 0 Å². The highest BCUT2D eigenvalue weighted by Gasteiger charge is 2.24. The number of hydrogen-bond donors (Lipinski definition) is 3. The fourth-order valence-electron chi connectivity index (χ4n) is 2.65. The minimum absolute atomic E-state index is 0.0801. The van der Waals surface area contributed by atoms with E-state index in [4.69, 9.17) is 5.73 Å². The Morgan fingerprint density at radius 1 is 1.04 bits per heavy atom. The van der Waals surface area contributed by atoms with Crippen molar-refractivity contribution in [3.8, 4) is 0 Å². The highest BCUT2D eigenvalue weighted by Crippen LogP contribution is 2.19. The molecule has 2 unspecified atom stereocenters. The lowest BCUT2D eigenvalue weighted by atomic mass is 9.98. The Labute approximate surface area is 173 Å². The van der Waals surface area contributed by atoms with Crippen molar-refractivity contribution < 1.29 is 14.4 Å². The zero-order valence-electron chi connectivity index (χ0n) is 16.1. The summed E-state index contributed by atoms with van der Waals surface area (Å²) in [5.41, 5.74) is 7.61. The minimum atomic E-state index is -0.750. The van der Waals surface area contributed by atoms with E-state index in [2.05, 4.69) is 26.6 Å². The maximum Gasteiger partial charge on any atom is 0.255 e. The summed E-state index contributed by atoms with van der Waals surface area (Å²) in [6, 6.07) is 11.2. The largest absolute Gasteiger partial charge is 0.368 e. The van der Waals surface area contributed by atoms with Crippen molar-refractivity contribution in [2.24, 2.45) is 11.7 Å². The summed E-state index contributed by atoms with van der Waals surface area (Å²) in [6.07, 6.45) is 0.705. The van der Waals surface area contributed by atoms with Gasteiger partial charge in [0, 0.05) is 21.3 Å². The number of hydrogen-bond acceptors (Lipinski definition) is 3. The third kappa shape index (κ3) is 5.42. The number of amides is 3. The summed E-state index contributed by atoms with van der Waals surface area (Å²) >= 11 is 3.33. The maximum absolute atomic E-state index is 12.6. The number of carbonyl (C=O) groups excluding carboxylic acids is 3. The van der Waals surface area contributed by atoms with Crippen LogP contribution in [0.4, 0.5) is 5.69 Å². The predicted octanol–water partition coefficient (Wildman–Crippen LogP) is 3.64. The van der Waals surface area contributed by atoms with Crippen LogP contribution in [0.2, 0.25) is 0 Å². The van der Waals surface area contributed by atoms with E-state index >= 15 is 0 Å². The molecule has 2 rings (SSSR count). The van der Waals surface area contributed by atoms with Gasteiger partial charge in [0.1, 0.15) is 6.04 Å². The number of rotatable bonds is 7. The van der Waals surface area contributed by atoms with Gasteiger partial charge in [-0.1, -0.05) is 42.3 Å². The summed E-state index contributed by atoms with van der Waals surface area (Å²) in [7, 11) is 0. The van der Waals surface area contributed by atoms with Gasteiger partial charge in [0.05, 0.1) is 0 Å². The average molecular weight is 446 g/mol. The molecule has 0 aliphatic rings. The van der Waals surface area contributed by atoms with Crippen LogP contribution in [-0.2, 0) is 4.79 Å². The number of anilines is 1. The second kappa shape index (κ2) is 9.50. The van der Waals surface area contributed by atoms with E-state index < -0.39 is 17.9 Å². The molecular formula is C21H24BrN3O3. The molecule has 2 aromatic carbocycles. The van der Waals surface area contributed by atoms with Crippen molar-refractivity contribution in [3.63, 3.8) is 0 Å². The first-order valence-corrected chi connectivity index (χ1v) is 9.80. The molecule has 4 N–H and O–H groups in total. The van der Waals surface area contributed by atoms with Crippen molar-refractivity contribution in [2.45, 2.75) is 33.2 Å². The molecule has 148 valence electrons. The molecule has 7 heteroatoms. The molecule has 0 aromatic heterocycles. The standard InChI is InChI=1S/C21H24BrN3O3/c1-4-12(2)18(19(23)26)25-21(28)15-6-5-13(3)17(11-15)24-20(27)14-7-9-16(22)10-8-14/h5-12,18H,4H2,1-3H3,(H2,23,26)(H,24,27)(H,25,28). The summed E-state index contributed by atoms with van der Waals surface area (Å²) < 4.78 is 0.879. The molecule has 0 aliphatic carbocycles. The molecule has 0 radical (unpaired) electrons. The lowest BCUT2D eigenvalue weighted by molar-refractivity contribution is -0.120. The highest BCUT2D eigenvalue weighted by molar-refractivity contribution is 9.10. The SMILES string of the molecule is CCC(C)C(NC(=O)c1ccc(C)c(NC(=O)c2ccc(Br)cc2)c1)C(N)=O. The quantitative estimate of drug-likeness (QED) is 0.605. The molecule has 2 aromatic rings. The maximum atomic E-state index is 12.6. The Balaban J connectivity index is 2.19. The lowest BCUT2D eigenvalue weighted by Crippen LogP contribution is -2.48. The summed E-state index contributed by atoms with van der Waals surface area (Å²) in [5, 5.41) is 5.52. The topological polar surface area (TPSA) is 101 Å². The first kappa shape index (κ1) is 21.6. The second-order valence-electron chi connectivity index (χ2n) is 6.73. The van der Waals surface area contributed by atoms with E-state index in [9.17, 15) is 14.4 Å². The van der Waals surface area contributed by atoms with E-state index in [1.54, 1.807) is 42.5 Å². The van der Waals surface area contributed by atoms with Gasteiger partial charge in [-0.2, -0.15) is 0 Å². The fourth-order valence-corrected chi connectivity index (χ4v) is 2.91. The average Bonchev–Trinajstić information content (AvgIpc) is 2.67. The number of nitrogens with one attached hydrogen (secondary N) is 2. The molecular weight excluding hydrogens is 422 g/mol. The Kier molecular flexibility index (Phi) is 7.34. The van der Waals surface area contributed by atoms with E-state index in [0.717, 1.165) is 10.0 Å². The second-order valence-corrected chi connectivity index (χ2v) is 7.65.